The van der Waals surface area contributed by atoms with Gasteiger partial charge in [-0.15, -0.1) is 0 Å². The average Bonchev–Trinajstić information content (AvgIpc) is 3.54. The van der Waals surface area contributed by atoms with Gasteiger partial charge in [-0.05, 0) is 123 Å². The summed E-state index contributed by atoms with van der Waals surface area (Å²) in [6, 6.07) is 0. The van der Waals surface area contributed by atoms with E-state index in [1.807, 2.05) is 0 Å². The van der Waals surface area contributed by atoms with Gasteiger partial charge >= 0.3 is 0 Å². The predicted molar refractivity (Wildman–Crippen MR) is 235 cm³/mol. The van der Waals surface area contributed by atoms with Gasteiger partial charge in [0.1, 0.15) is 73.2 Å². The Morgan fingerprint density at radius 3 is 1.63 bits per heavy atom. The molecular formula is C48H84O19. The van der Waals surface area contributed by atoms with E-state index in [-0.39, 0.29) is 51.9 Å². The van der Waals surface area contributed by atoms with Gasteiger partial charge < -0.3 is 94.8 Å². The molecular weight excluding hydrogens is 881 g/mol. The first kappa shape index (κ1) is 54.0. The van der Waals surface area contributed by atoms with Gasteiger partial charge in [0.2, 0.25) is 0 Å². The summed E-state index contributed by atoms with van der Waals surface area (Å²) in [6.45, 7) is 14.8. The molecule has 7 aliphatic rings. The molecule has 4 saturated carbocycles. The lowest BCUT2D eigenvalue weighted by Crippen LogP contribution is -2.67. The van der Waals surface area contributed by atoms with E-state index in [2.05, 4.69) is 41.5 Å². The highest BCUT2D eigenvalue weighted by molar-refractivity contribution is 5.20. The van der Waals surface area contributed by atoms with E-state index in [1.165, 1.54) is 0 Å². The largest absolute Gasteiger partial charge is 0.394 e. The van der Waals surface area contributed by atoms with Crippen molar-refractivity contribution in [3.63, 3.8) is 0 Å². The van der Waals surface area contributed by atoms with Crippen molar-refractivity contribution in [2.75, 3.05) is 19.8 Å². The van der Waals surface area contributed by atoms with Crippen molar-refractivity contribution in [2.24, 2.45) is 51.2 Å². The molecule has 0 amide bonds. The van der Waals surface area contributed by atoms with Crippen LogP contribution >= 0.6 is 0 Å². The third-order valence-electron chi connectivity index (χ3n) is 19.3. The summed E-state index contributed by atoms with van der Waals surface area (Å²) in [5.41, 5.74) is -2.60. The first-order valence-electron chi connectivity index (χ1n) is 24.8. The Kier molecular flexibility index (Phi) is 16.1. The minimum atomic E-state index is -1.83. The zero-order chi connectivity index (χ0) is 49.5. The van der Waals surface area contributed by atoms with Crippen molar-refractivity contribution < 1.29 is 94.8 Å². The Bertz CT molecular complexity index is 1650. The number of hydrogen-bond donors (Lipinski definition) is 13. The zero-order valence-electron chi connectivity index (χ0n) is 40.5. The van der Waals surface area contributed by atoms with Crippen LogP contribution in [0.3, 0.4) is 0 Å². The first-order chi connectivity index (χ1) is 31.2. The minimum Gasteiger partial charge on any atom is -0.394 e. The molecule has 0 radical (unpaired) electrons. The van der Waals surface area contributed by atoms with Gasteiger partial charge in [-0.3, -0.25) is 0 Å². The van der Waals surface area contributed by atoms with E-state index < -0.39 is 135 Å². The van der Waals surface area contributed by atoms with Gasteiger partial charge in [-0.1, -0.05) is 41.5 Å². The van der Waals surface area contributed by atoms with Crippen LogP contribution in [0.1, 0.15) is 113 Å². The average molecular weight is 965 g/mol. The van der Waals surface area contributed by atoms with E-state index >= 15 is 0 Å². The summed E-state index contributed by atoms with van der Waals surface area (Å²) in [5.74, 6) is 0.910. The van der Waals surface area contributed by atoms with E-state index in [0.717, 1.165) is 32.1 Å². The first-order valence-corrected chi connectivity index (χ1v) is 24.8. The molecule has 3 saturated heterocycles. The Labute approximate surface area is 394 Å². The molecule has 0 aromatic rings. The molecule has 0 aromatic heterocycles. The van der Waals surface area contributed by atoms with Crippen LogP contribution in [0, 0.1) is 51.2 Å². The van der Waals surface area contributed by atoms with Crippen LogP contribution in [0.4, 0.5) is 0 Å². The van der Waals surface area contributed by atoms with Crippen molar-refractivity contribution in [2.45, 2.75) is 229 Å². The third-order valence-corrected chi connectivity index (χ3v) is 19.3. The molecule has 0 aromatic carbocycles. The van der Waals surface area contributed by atoms with E-state index in [4.69, 9.17) is 28.4 Å². The number of rotatable bonds is 14. The molecule has 0 unspecified atom stereocenters. The Morgan fingerprint density at radius 2 is 1.09 bits per heavy atom. The molecule has 19 nitrogen and oxygen atoms in total. The number of aliphatic hydroxyl groups is 13. The van der Waals surface area contributed by atoms with Crippen LogP contribution in [0.25, 0.3) is 0 Å². The molecule has 0 bridgehead atoms. The van der Waals surface area contributed by atoms with Crippen LogP contribution < -0.4 is 0 Å². The second kappa shape index (κ2) is 19.9. The molecule has 13 N–H and O–H groups in total. The summed E-state index contributed by atoms with van der Waals surface area (Å²) in [7, 11) is 0. The van der Waals surface area contributed by atoms with Crippen LogP contribution in [-0.2, 0) is 28.4 Å². The van der Waals surface area contributed by atoms with Crippen molar-refractivity contribution in [3.8, 4) is 0 Å². The fourth-order valence-electron chi connectivity index (χ4n) is 14.9. The van der Waals surface area contributed by atoms with Crippen LogP contribution in [0.5, 0.6) is 0 Å². The highest BCUT2D eigenvalue weighted by Crippen LogP contribution is 2.76. The van der Waals surface area contributed by atoms with Crippen molar-refractivity contribution >= 4 is 0 Å². The smallest absolute Gasteiger partial charge is 0.187 e. The summed E-state index contributed by atoms with van der Waals surface area (Å²) in [5, 5.41) is 139. The standard InChI is InChI=1S/C48H84O19/c1-21(9-13-31(45(4,5)61)66-43-40(37(58)34(55)27(20-51)64-43)67-42-39(60)36(57)33(54)26(19-50)63-42)22-15-16-46(6)28-12-10-23-24(48(28,8)29(52)17-47(22,46)7)11-14-30(44(23,2)3)65-41-38(59)35(56)32(53)25(18-49)62-41/h21-43,49-61H,9-20H2,1-8H3/t21-,22-,23+,24-,25+,26+,27-,28-,29-,30-,31+,32+,33+,34-,35-,36-,37-,38+,39+,40+,41-,42-,43-,46-,47-,48-/m0/s1. The molecule has 390 valence electrons. The Morgan fingerprint density at radius 1 is 0.582 bits per heavy atom. The van der Waals surface area contributed by atoms with Gasteiger partial charge in [0.15, 0.2) is 18.9 Å². The molecule has 3 aliphatic heterocycles. The Balaban J connectivity index is 1.04. The predicted octanol–water partition coefficient (Wildman–Crippen LogP) is -0.976. The molecule has 7 rings (SSSR count). The summed E-state index contributed by atoms with van der Waals surface area (Å²) < 4.78 is 36.0. The molecule has 4 aliphatic carbocycles. The molecule has 0 spiro atoms. The van der Waals surface area contributed by atoms with E-state index in [9.17, 15) is 66.4 Å². The van der Waals surface area contributed by atoms with E-state index in [0.29, 0.717) is 25.7 Å². The molecule has 7 fully saturated rings. The number of hydrogen-bond acceptors (Lipinski definition) is 19. The van der Waals surface area contributed by atoms with Gasteiger partial charge in [-0.25, -0.2) is 0 Å². The van der Waals surface area contributed by atoms with Crippen LogP contribution in [0.15, 0.2) is 0 Å². The molecule has 67 heavy (non-hydrogen) atoms. The molecule has 19 heteroatoms. The second-order valence-corrected chi connectivity index (χ2v) is 23.5. The minimum absolute atomic E-state index is 0.105. The lowest BCUT2D eigenvalue weighted by Gasteiger charge is -2.69. The maximum atomic E-state index is 12.6. The van der Waals surface area contributed by atoms with Gasteiger partial charge in [0.05, 0.1) is 43.7 Å². The zero-order valence-corrected chi connectivity index (χ0v) is 40.5. The second-order valence-electron chi connectivity index (χ2n) is 23.5. The van der Waals surface area contributed by atoms with E-state index in [1.54, 1.807) is 13.8 Å². The Hall–Kier alpha value is -0.760. The third kappa shape index (κ3) is 9.22. The maximum Gasteiger partial charge on any atom is 0.187 e. The van der Waals surface area contributed by atoms with Crippen LogP contribution in [0.2, 0.25) is 0 Å². The number of fused-ring (bicyclic) bond motifs is 5. The lowest BCUT2D eigenvalue weighted by atomic mass is 9.36. The summed E-state index contributed by atoms with van der Waals surface area (Å²) in [4.78, 5) is 0. The van der Waals surface area contributed by atoms with Crippen molar-refractivity contribution in [1.29, 1.82) is 0 Å². The number of aliphatic hydroxyl groups excluding tert-OH is 12. The summed E-state index contributed by atoms with van der Waals surface area (Å²) >= 11 is 0. The van der Waals surface area contributed by atoms with Gasteiger partial charge in [0, 0.05) is 0 Å². The van der Waals surface area contributed by atoms with Gasteiger partial charge in [-0.2, -0.15) is 0 Å². The molecule has 3 heterocycles. The molecule has 26 atom stereocenters. The van der Waals surface area contributed by atoms with Gasteiger partial charge in [0.25, 0.3) is 0 Å². The SMILES string of the molecule is C[C@@H](CC[C@@H](O[C@@H]1O[C@@H](CO)[C@H](O)[C@H](O)[C@H]1O[C@@H]1O[C@H](CO)[C@@H](O)[C@H](O)[C@H]1O)C(C)(C)O)[C@@H]1CC[C@@]2(C)[C@@H]3CC[C@@H]4[C@H](CC[C@H](O[C@@H]5O[C@H](CO)[C@@H](O)[C@H](O)[C@H]5O)C4(C)C)[C@]3(C)[C@@H](O)C[C@@]12C. The topological polar surface area (TPSA) is 318 Å². The fourth-order valence-corrected chi connectivity index (χ4v) is 14.9. The fraction of sp³-hybridized carbons (Fsp3) is 1.00. The van der Waals surface area contributed by atoms with Crippen molar-refractivity contribution in [3.05, 3.63) is 0 Å². The highest BCUT2D eigenvalue weighted by Gasteiger charge is 2.71. The van der Waals surface area contributed by atoms with Crippen LogP contribution in [-0.4, -0.2) is 202 Å². The normalized spacial score (nSPS) is 52.2. The highest BCUT2D eigenvalue weighted by atomic mass is 16.8. The summed E-state index contributed by atoms with van der Waals surface area (Å²) in [6.07, 6.45) is -18.1. The number of ether oxygens (including phenoxy) is 6. The monoisotopic (exact) mass is 965 g/mol. The quantitative estimate of drug-likeness (QED) is 0.0931. The maximum absolute atomic E-state index is 12.6. The lowest BCUT2D eigenvalue weighted by molar-refractivity contribution is -0.375. The van der Waals surface area contributed by atoms with Crippen molar-refractivity contribution in [1.82, 2.24) is 0 Å².